The zero-order chi connectivity index (χ0) is 14.3. The van der Waals surface area contributed by atoms with E-state index in [4.69, 9.17) is 5.73 Å². The summed E-state index contributed by atoms with van der Waals surface area (Å²) in [6, 6.07) is 0. The smallest absolute Gasteiger partial charge is 0.219 e. The van der Waals surface area contributed by atoms with Crippen molar-refractivity contribution in [3.05, 3.63) is 12.7 Å². The van der Waals surface area contributed by atoms with Gasteiger partial charge in [0, 0.05) is 19.4 Å². The molecule has 0 fully saturated rings. The predicted octanol–water partition coefficient (Wildman–Crippen LogP) is 2.67. The van der Waals surface area contributed by atoms with Gasteiger partial charge in [0.05, 0.1) is 0 Å². The standard InChI is InChI=1S/C15H28N2O2/c1-2-3-4-10-13-17-15(19)12-9-7-5-6-8-11-14(16)18/h2H,1,3-13H2,(H2,16,18)(H,17,19). The number of nitrogens with one attached hydrogen (secondary N) is 1. The van der Waals surface area contributed by atoms with E-state index in [0.717, 1.165) is 57.9 Å². The lowest BCUT2D eigenvalue weighted by Gasteiger charge is -2.04. The van der Waals surface area contributed by atoms with Crippen LogP contribution in [0.2, 0.25) is 0 Å². The van der Waals surface area contributed by atoms with E-state index in [0.29, 0.717) is 12.8 Å². The minimum atomic E-state index is -0.226. The Balaban J connectivity index is 3.20. The van der Waals surface area contributed by atoms with Gasteiger partial charge < -0.3 is 11.1 Å². The van der Waals surface area contributed by atoms with Crippen LogP contribution in [0, 0.1) is 0 Å². The molecule has 19 heavy (non-hydrogen) atoms. The number of allylic oxidation sites excluding steroid dienone is 1. The highest BCUT2D eigenvalue weighted by Crippen LogP contribution is 2.06. The van der Waals surface area contributed by atoms with Crippen LogP contribution in [0.1, 0.15) is 64.2 Å². The molecule has 0 aromatic carbocycles. The van der Waals surface area contributed by atoms with Crippen LogP contribution in [0.25, 0.3) is 0 Å². The molecule has 2 amide bonds. The highest BCUT2D eigenvalue weighted by Gasteiger charge is 2.00. The van der Waals surface area contributed by atoms with E-state index in [2.05, 4.69) is 11.9 Å². The maximum Gasteiger partial charge on any atom is 0.219 e. The van der Waals surface area contributed by atoms with E-state index in [-0.39, 0.29) is 11.8 Å². The molecule has 4 heteroatoms. The molecule has 0 aliphatic rings. The second kappa shape index (κ2) is 13.1. The van der Waals surface area contributed by atoms with Crippen LogP contribution in [-0.4, -0.2) is 18.4 Å². The molecule has 0 atom stereocenters. The van der Waals surface area contributed by atoms with Crippen LogP contribution in [0.4, 0.5) is 0 Å². The molecule has 0 radical (unpaired) electrons. The molecule has 0 heterocycles. The molecule has 3 N–H and O–H groups in total. The zero-order valence-electron chi connectivity index (χ0n) is 12.0. The van der Waals surface area contributed by atoms with Crippen LogP contribution in [-0.2, 0) is 9.59 Å². The number of primary amides is 1. The van der Waals surface area contributed by atoms with E-state index in [1.807, 2.05) is 6.08 Å². The average molecular weight is 268 g/mol. The summed E-state index contributed by atoms with van der Waals surface area (Å²) in [6.45, 7) is 4.43. The molecule has 0 unspecified atom stereocenters. The minimum absolute atomic E-state index is 0.149. The van der Waals surface area contributed by atoms with Crippen molar-refractivity contribution in [3.8, 4) is 0 Å². The monoisotopic (exact) mass is 268 g/mol. The van der Waals surface area contributed by atoms with Gasteiger partial charge in [0.15, 0.2) is 0 Å². The van der Waals surface area contributed by atoms with Gasteiger partial charge in [-0.25, -0.2) is 0 Å². The van der Waals surface area contributed by atoms with Gasteiger partial charge in [-0.15, -0.1) is 6.58 Å². The summed E-state index contributed by atoms with van der Waals surface area (Å²) < 4.78 is 0. The van der Waals surface area contributed by atoms with Crippen molar-refractivity contribution in [2.75, 3.05) is 6.54 Å². The molecule has 110 valence electrons. The van der Waals surface area contributed by atoms with Crippen molar-refractivity contribution in [2.45, 2.75) is 64.2 Å². The number of carbonyl (C=O) groups excluding carboxylic acids is 2. The maximum absolute atomic E-state index is 11.5. The number of hydrogen-bond donors (Lipinski definition) is 2. The quantitative estimate of drug-likeness (QED) is 0.398. The van der Waals surface area contributed by atoms with E-state index < -0.39 is 0 Å². The second-order valence-corrected chi connectivity index (χ2v) is 4.87. The van der Waals surface area contributed by atoms with Gasteiger partial charge in [0.2, 0.25) is 11.8 Å². The predicted molar refractivity (Wildman–Crippen MR) is 78.6 cm³/mol. The van der Waals surface area contributed by atoms with Gasteiger partial charge >= 0.3 is 0 Å². The van der Waals surface area contributed by atoms with E-state index in [9.17, 15) is 9.59 Å². The highest BCUT2D eigenvalue weighted by molar-refractivity contribution is 5.75. The average Bonchev–Trinajstić information content (AvgIpc) is 2.37. The van der Waals surface area contributed by atoms with Crippen LogP contribution >= 0.6 is 0 Å². The molecule has 0 aromatic rings. The van der Waals surface area contributed by atoms with Gasteiger partial charge in [-0.1, -0.05) is 25.3 Å². The summed E-state index contributed by atoms with van der Waals surface area (Å²) in [6.07, 6.45) is 11.0. The second-order valence-electron chi connectivity index (χ2n) is 4.87. The Bertz CT molecular complexity index is 265. The number of carbonyl (C=O) groups is 2. The molecule has 0 saturated carbocycles. The van der Waals surface area contributed by atoms with Crippen molar-refractivity contribution < 1.29 is 9.59 Å². The van der Waals surface area contributed by atoms with Crippen LogP contribution < -0.4 is 11.1 Å². The minimum Gasteiger partial charge on any atom is -0.370 e. The fourth-order valence-electron chi connectivity index (χ4n) is 1.84. The molecule has 0 aromatic heterocycles. The van der Waals surface area contributed by atoms with Crippen molar-refractivity contribution in [1.29, 1.82) is 0 Å². The zero-order valence-corrected chi connectivity index (χ0v) is 12.0. The first-order chi connectivity index (χ1) is 9.16. The summed E-state index contributed by atoms with van der Waals surface area (Å²) in [7, 11) is 0. The molecular formula is C15H28N2O2. The number of amides is 2. The summed E-state index contributed by atoms with van der Waals surface area (Å²) in [5.74, 6) is -0.0772. The van der Waals surface area contributed by atoms with Gasteiger partial charge in [-0.3, -0.25) is 9.59 Å². The molecule has 0 bridgehead atoms. The third-order valence-electron chi connectivity index (χ3n) is 2.98. The van der Waals surface area contributed by atoms with Gasteiger partial charge in [0.1, 0.15) is 0 Å². The highest BCUT2D eigenvalue weighted by atomic mass is 16.1. The third kappa shape index (κ3) is 14.6. The molecule has 0 saturated heterocycles. The molecular weight excluding hydrogens is 240 g/mol. The van der Waals surface area contributed by atoms with Crippen LogP contribution in [0.3, 0.4) is 0 Å². The van der Waals surface area contributed by atoms with Crippen molar-refractivity contribution in [1.82, 2.24) is 5.32 Å². The topological polar surface area (TPSA) is 72.2 Å². The number of nitrogens with two attached hydrogens (primary N) is 1. The Morgan fingerprint density at radius 1 is 0.947 bits per heavy atom. The Kier molecular flexibility index (Phi) is 12.2. The first kappa shape index (κ1) is 17.7. The third-order valence-corrected chi connectivity index (χ3v) is 2.98. The normalized spacial score (nSPS) is 10.1. The Labute approximate surface area is 116 Å². The summed E-state index contributed by atoms with van der Waals surface area (Å²) in [5.41, 5.74) is 5.05. The molecule has 0 aliphatic carbocycles. The van der Waals surface area contributed by atoms with Crippen molar-refractivity contribution in [3.63, 3.8) is 0 Å². The molecule has 4 nitrogen and oxygen atoms in total. The summed E-state index contributed by atoms with van der Waals surface area (Å²) in [5, 5.41) is 2.92. The lowest BCUT2D eigenvalue weighted by atomic mass is 10.1. The number of hydrogen-bond acceptors (Lipinski definition) is 2. The van der Waals surface area contributed by atoms with Crippen LogP contribution in [0.5, 0.6) is 0 Å². The fraction of sp³-hybridized carbons (Fsp3) is 0.733. The first-order valence-electron chi connectivity index (χ1n) is 7.32. The van der Waals surface area contributed by atoms with Gasteiger partial charge in [-0.2, -0.15) is 0 Å². The maximum atomic E-state index is 11.5. The van der Waals surface area contributed by atoms with Crippen molar-refractivity contribution in [2.24, 2.45) is 5.73 Å². The Morgan fingerprint density at radius 2 is 1.58 bits per heavy atom. The van der Waals surface area contributed by atoms with E-state index >= 15 is 0 Å². The first-order valence-corrected chi connectivity index (χ1v) is 7.32. The lowest BCUT2D eigenvalue weighted by Crippen LogP contribution is -2.23. The van der Waals surface area contributed by atoms with E-state index in [1.165, 1.54) is 0 Å². The van der Waals surface area contributed by atoms with Gasteiger partial charge in [-0.05, 0) is 32.1 Å². The summed E-state index contributed by atoms with van der Waals surface area (Å²) in [4.78, 5) is 22.0. The van der Waals surface area contributed by atoms with Crippen molar-refractivity contribution >= 4 is 11.8 Å². The largest absolute Gasteiger partial charge is 0.370 e. The van der Waals surface area contributed by atoms with E-state index in [1.54, 1.807) is 0 Å². The molecule has 0 spiro atoms. The summed E-state index contributed by atoms with van der Waals surface area (Å²) >= 11 is 0. The molecule has 0 aliphatic heterocycles. The van der Waals surface area contributed by atoms with Gasteiger partial charge in [0.25, 0.3) is 0 Å². The van der Waals surface area contributed by atoms with Crippen LogP contribution in [0.15, 0.2) is 12.7 Å². The lowest BCUT2D eigenvalue weighted by molar-refractivity contribution is -0.121. The Hall–Kier alpha value is -1.32. The SMILES string of the molecule is C=CCCCCNC(=O)CCCCCCCC(N)=O. The molecule has 0 rings (SSSR count). The Morgan fingerprint density at radius 3 is 2.21 bits per heavy atom. The fourth-order valence-corrected chi connectivity index (χ4v) is 1.84. The number of rotatable bonds is 13. The number of unbranched alkanes of at least 4 members (excludes halogenated alkanes) is 6.